The highest BCUT2D eigenvalue weighted by Crippen LogP contribution is 2.38. The summed E-state index contributed by atoms with van der Waals surface area (Å²) in [6.07, 6.45) is 3.77. The molecule has 4 aromatic rings. The van der Waals surface area contributed by atoms with E-state index in [9.17, 15) is 4.79 Å². The van der Waals surface area contributed by atoms with Crippen molar-refractivity contribution < 1.29 is 18.7 Å². The Bertz CT molecular complexity index is 1320. The van der Waals surface area contributed by atoms with Gasteiger partial charge in [0.05, 0.1) is 17.4 Å². The Balaban J connectivity index is 1.14. The van der Waals surface area contributed by atoms with Crippen LogP contribution in [-0.4, -0.2) is 51.5 Å². The van der Waals surface area contributed by atoms with Crippen molar-refractivity contribution in [2.24, 2.45) is 0 Å². The van der Waals surface area contributed by atoms with Crippen molar-refractivity contribution >= 4 is 28.6 Å². The lowest BCUT2D eigenvalue weighted by Gasteiger charge is -2.26. The van der Waals surface area contributed by atoms with Crippen LogP contribution in [0.25, 0.3) is 22.4 Å². The van der Waals surface area contributed by atoms with E-state index in [0.29, 0.717) is 24.3 Å². The van der Waals surface area contributed by atoms with E-state index in [2.05, 4.69) is 15.2 Å². The lowest BCUT2D eigenvalue weighted by Crippen LogP contribution is -2.32. The third-order valence-corrected chi connectivity index (χ3v) is 6.87. The summed E-state index contributed by atoms with van der Waals surface area (Å²) in [5, 5.41) is 9.72. The number of hydrogen-bond donors (Lipinski definition) is 1. The van der Waals surface area contributed by atoms with Gasteiger partial charge in [0.15, 0.2) is 11.5 Å². The highest BCUT2D eigenvalue weighted by atomic mass is 32.2. The van der Waals surface area contributed by atoms with Crippen molar-refractivity contribution in [3.63, 3.8) is 0 Å². The van der Waals surface area contributed by atoms with Crippen LogP contribution in [0.4, 0.5) is 0 Å². The number of likely N-dealkylation sites (tertiary alicyclic amines) is 1. The van der Waals surface area contributed by atoms with Crippen LogP contribution in [0, 0.1) is 0 Å². The molecule has 0 saturated carbocycles. The zero-order chi connectivity index (χ0) is 22.2. The summed E-state index contributed by atoms with van der Waals surface area (Å²) in [4.78, 5) is 18.2. The molecule has 168 valence electrons. The minimum absolute atomic E-state index is 0.0402. The zero-order valence-electron chi connectivity index (χ0n) is 17.8. The Hall–Kier alpha value is -3.46. The summed E-state index contributed by atoms with van der Waals surface area (Å²) in [6, 6.07) is 14.0. The third-order valence-electron chi connectivity index (χ3n) is 6.07. The lowest BCUT2D eigenvalue weighted by molar-refractivity contribution is -0.129. The summed E-state index contributed by atoms with van der Waals surface area (Å²) in [7, 11) is 0. The van der Waals surface area contributed by atoms with E-state index in [4.69, 9.17) is 13.9 Å². The number of carbonyl (C=O) groups excluding carboxylic acids is 1. The molecule has 1 saturated heterocycles. The topological polar surface area (TPSA) is 93.5 Å². The van der Waals surface area contributed by atoms with Gasteiger partial charge in [-0.1, -0.05) is 36.0 Å². The first-order valence-corrected chi connectivity index (χ1v) is 12.0. The number of H-pyrrole nitrogens is 1. The van der Waals surface area contributed by atoms with E-state index in [1.165, 1.54) is 11.8 Å². The minimum Gasteiger partial charge on any atom is -0.486 e. The fourth-order valence-corrected chi connectivity index (χ4v) is 5.16. The van der Waals surface area contributed by atoms with Crippen molar-refractivity contribution in [3.05, 3.63) is 54.2 Å². The predicted octanol–water partition coefficient (Wildman–Crippen LogP) is 4.44. The number of thioether (sulfide) groups is 1. The second kappa shape index (κ2) is 8.47. The Labute approximate surface area is 194 Å². The van der Waals surface area contributed by atoms with Gasteiger partial charge in [0.1, 0.15) is 13.2 Å². The number of fused-ring (bicyclic) bond motifs is 2. The van der Waals surface area contributed by atoms with E-state index in [0.717, 1.165) is 52.9 Å². The normalized spacial score (nSPS) is 17.6. The van der Waals surface area contributed by atoms with E-state index in [1.807, 2.05) is 53.6 Å². The van der Waals surface area contributed by atoms with Crippen LogP contribution < -0.4 is 9.47 Å². The van der Waals surface area contributed by atoms with Crippen LogP contribution in [0.1, 0.15) is 24.4 Å². The Kier molecular flexibility index (Phi) is 5.18. The fraction of sp³-hybridized carbons (Fsp3) is 0.292. The molecule has 33 heavy (non-hydrogen) atoms. The van der Waals surface area contributed by atoms with Crippen LogP contribution in [0.2, 0.25) is 0 Å². The molecule has 9 heteroatoms. The molecule has 2 aliphatic heterocycles. The number of benzene rings is 2. The number of nitrogens with zero attached hydrogens (tertiary/aromatic N) is 3. The number of rotatable bonds is 5. The third kappa shape index (κ3) is 3.82. The molecular formula is C24H22N4O4S. The molecule has 1 amide bonds. The highest BCUT2D eigenvalue weighted by Gasteiger charge is 2.31. The molecule has 1 atom stereocenters. The summed E-state index contributed by atoms with van der Waals surface area (Å²) in [5.41, 5.74) is 2.94. The van der Waals surface area contributed by atoms with Gasteiger partial charge in [-0.2, -0.15) is 0 Å². The molecule has 0 radical (unpaired) electrons. The van der Waals surface area contributed by atoms with Crippen LogP contribution in [0.5, 0.6) is 11.5 Å². The van der Waals surface area contributed by atoms with Gasteiger partial charge in [0.2, 0.25) is 5.91 Å². The average Bonchev–Trinajstić information content (AvgIpc) is 3.61. The standard InChI is InChI=1S/C24H22N4O4S/c29-22(28-9-3-6-19(28)15-7-8-20-21(12-15)31-11-10-30-20)14-33-24-27-26-23(32-24)17-13-25-18-5-2-1-4-16(17)18/h1-2,4-5,7-8,12-13,19,25H,3,6,9-11,14H2. The van der Waals surface area contributed by atoms with Gasteiger partial charge in [-0.05, 0) is 36.6 Å². The second-order valence-corrected chi connectivity index (χ2v) is 8.98. The number of ether oxygens (including phenoxy) is 2. The van der Waals surface area contributed by atoms with Crippen molar-refractivity contribution in [3.8, 4) is 23.0 Å². The van der Waals surface area contributed by atoms with E-state index in [1.54, 1.807) is 0 Å². The lowest BCUT2D eigenvalue weighted by atomic mass is 10.0. The maximum atomic E-state index is 13.1. The van der Waals surface area contributed by atoms with Crippen LogP contribution in [-0.2, 0) is 4.79 Å². The zero-order valence-corrected chi connectivity index (χ0v) is 18.6. The average molecular weight is 463 g/mol. The fourth-order valence-electron chi connectivity index (χ4n) is 4.51. The Morgan fingerprint density at radius 2 is 2.00 bits per heavy atom. The van der Waals surface area contributed by atoms with Crippen molar-refractivity contribution in [2.45, 2.75) is 24.1 Å². The van der Waals surface area contributed by atoms with Crippen molar-refractivity contribution in [2.75, 3.05) is 25.5 Å². The quantitative estimate of drug-likeness (QED) is 0.438. The van der Waals surface area contributed by atoms with Crippen LogP contribution >= 0.6 is 11.8 Å². The molecule has 2 aromatic heterocycles. The van der Waals surface area contributed by atoms with Crippen molar-refractivity contribution in [1.82, 2.24) is 20.1 Å². The number of aromatic amines is 1. The molecule has 0 aliphatic carbocycles. The smallest absolute Gasteiger partial charge is 0.277 e. The monoisotopic (exact) mass is 462 g/mol. The van der Waals surface area contributed by atoms with Gasteiger partial charge in [-0.15, -0.1) is 10.2 Å². The van der Waals surface area contributed by atoms with E-state index in [-0.39, 0.29) is 17.7 Å². The second-order valence-electron chi connectivity index (χ2n) is 8.06. The molecule has 6 rings (SSSR count). The largest absolute Gasteiger partial charge is 0.486 e. The first kappa shape index (κ1) is 20.2. The molecule has 8 nitrogen and oxygen atoms in total. The van der Waals surface area contributed by atoms with Gasteiger partial charge in [0, 0.05) is 23.6 Å². The number of amides is 1. The maximum Gasteiger partial charge on any atom is 0.277 e. The number of nitrogens with one attached hydrogen (secondary N) is 1. The molecule has 0 bridgehead atoms. The van der Waals surface area contributed by atoms with Gasteiger partial charge in [-0.25, -0.2) is 0 Å². The molecule has 1 N–H and O–H groups in total. The number of para-hydroxylation sites is 1. The Morgan fingerprint density at radius 3 is 2.94 bits per heavy atom. The van der Waals surface area contributed by atoms with E-state index >= 15 is 0 Å². The van der Waals surface area contributed by atoms with Crippen LogP contribution in [0.15, 0.2) is 58.3 Å². The summed E-state index contributed by atoms with van der Waals surface area (Å²) in [6.45, 7) is 1.85. The number of hydrogen-bond acceptors (Lipinski definition) is 7. The first-order valence-electron chi connectivity index (χ1n) is 11.0. The predicted molar refractivity (Wildman–Crippen MR) is 123 cm³/mol. The van der Waals surface area contributed by atoms with Gasteiger partial charge >= 0.3 is 0 Å². The number of carbonyl (C=O) groups is 1. The highest BCUT2D eigenvalue weighted by molar-refractivity contribution is 7.99. The molecule has 1 fully saturated rings. The first-order chi connectivity index (χ1) is 16.3. The molecule has 2 aromatic carbocycles. The van der Waals surface area contributed by atoms with Gasteiger partial charge in [0.25, 0.3) is 11.1 Å². The van der Waals surface area contributed by atoms with Crippen LogP contribution in [0.3, 0.4) is 0 Å². The molecule has 4 heterocycles. The van der Waals surface area contributed by atoms with Gasteiger partial charge < -0.3 is 23.8 Å². The number of aromatic nitrogens is 3. The summed E-state index contributed by atoms with van der Waals surface area (Å²) < 4.78 is 17.2. The molecule has 2 aliphatic rings. The Morgan fingerprint density at radius 1 is 1.12 bits per heavy atom. The minimum atomic E-state index is 0.0402. The summed E-state index contributed by atoms with van der Waals surface area (Å²) in [5.74, 6) is 2.26. The SMILES string of the molecule is O=C(CSc1nnc(-c2c[nH]c3ccccc23)o1)N1CCCC1c1ccc2c(c1)OCCO2. The van der Waals surface area contributed by atoms with E-state index < -0.39 is 0 Å². The maximum absolute atomic E-state index is 13.1. The summed E-state index contributed by atoms with van der Waals surface area (Å²) >= 11 is 1.27. The van der Waals surface area contributed by atoms with Crippen molar-refractivity contribution in [1.29, 1.82) is 0 Å². The molecular weight excluding hydrogens is 440 g/mol. The molecule has 0 spiro atoms. The van der Waals surface area contributed by atoms with Gasteiger partial charge in [-0.3, -0.25) is 4.79 Å². The molecule has 1 unspecified atom stereocenters.